The van der Waals surface area contributed by atoms with E-state index in [1.54, 1.807) is 32.9 Å². The molecule has 128 valence electrons. The molecule has 0 radical (unpaired) electrons. The first-order chi connectivity index (χ1) is 10.7. The van der Waals surface area contributed by atoms with Crippen LogP contribution in [0.4, 0.5) is 4.79 Å². The first-order valence-electron chi connectivity index (χ1n) is 7.18. The summed E-state index contributed by atoms with van der Waals surface area (Å²) in [6.45, 7) is 4.60. The zero-order valence-corrected chi connectivity index (χ0v) is 13.8. The minimum absolute atomic E-state index is 0.0454. The Morgan fingerprint density at radius 2 is 1.83 bits per heavy atom. The molecule has 1 rings (SSSR count). The number of ether oxygens (including phenoxy) is 2. The van der Waals surface area contributed by atoms with E-state index >= 15 is 0 Å². The summed E-state index contributed by atoms with van der Waals surface area (Å²) in [5, 5.41) is 10.2. The van der Waals surface area contributed by atoms with E-state index in [1.807, 2.05) is 18.2 Å². The Morgan fingerprint density at radius 1 is 1.22 bits per heavy atom. The molecular weight excluding hydrogens is 302 g/mol. The summed E-state index contributed by atoms with van der Waals surface area (Å²) in [5.41, 5.74) is 0.0945. The predicted molar refractivity (Wildman–Crippen MR) is 82.2 cm³/mol. The summed E-state index contributed by atoms with van der Waals surface area (Å²) in [6.07, 6.45) is -0.974. The molecule has 0 amide bonds. The van der Waals surface area contributed by atoms with Gasteiger partial charge in [-0.1, -0.05) is 30.3 Å². The Hall–Kier alpha value is -2.12. The number of esters is 1. The number of hydrogen-bond donors (Lipinski definition) is 1. The van der Waals surface area contributed by atoms with Gasteiger partial charge in [0.1, 0.15) is 12.2 Å². The van der Waals surface area contributed by atoms with Crippen LogP contribution < -0.4 is 0 Å². The second kappa shape index (κ2) is 8.50. The van der Waals surface area contributed by atoms with Crippen LogP contribution in [0.25, 0.3) is 0 Å². The lowest BCUT2D eigenvalue weighted by Gasteiger charge is -2.27. The quantitative estimate of drug-likeness (QED) is 0.631. The molecule has 7 heteroatoms. The van der Waals surface area contributed by atoms with Crippen molar-refractivity contribution in [1.82, 2.24) is 5.06 Å². The molecule has 1 atom stereocenters. The van der Waals surface area contributed by atoms with Gasteiger partial charge in [-0.25, -0.2) is 4.79 Å². The van der Waals surface area contributed by atoms with Crippen molar-refractivity contribution in [2.45, 2.75) is 39.0 Å². The van der Waals surface area contributed by atoms with E-state index < -0.39 is 30.4 Å². The highest BCUT2D eigenvalue weighted by molar-refractivity contribution is 5.76. The smallest absolute Gasteiger partial charge is 0.459 e. The van der Waals surface area contributed by atoms with Gasteiger partial charge in [0.05, 0.1) is 6.61 Å². The summed E-state index contributed by atoms with van der Waals surface area (Å²) < 4.78 is 10.1. The number of aliphatic hydroxyl groups excluding tert-OH is 1. The van der Waals surface area contributed by atoms with Gasteiger partial charge in [-0.15, -0.1) is 5.06 Å². The SMILES string of the molecule is CN(OC(=O)OCc1ccccc1)[C@H](CO)C(=O)OC(C)(C)C. The Kier molecular flexibility index (Phi) is 6.99. The molecular formula is C16H23NO6. The van der Waals surface area contributed by atoms with Crippen LogP contribution in [0, 0.1) is 0 Å². The molecule has 0 unspecified atom stereocenters. The summed E-state index contributed by atoms with van der Waals surface area (Å²) in [5.74, 6) is -0.696. The van der Waals surface area contributed by atoms with Crippen molar-refractivity contribution >= 4 is 12.1 Å². The van der Waals surface area contributed by atoms with E-state index in [-0.39, 0.29) is 6.61 Å². The number of benzene rings is 1. The fraction of sp³-hybridized carbons (Fsp3) is 0.500. The molecule has 1 aromatic rings. The maximum Gasteiger partial charge on any atom is 0.528 e. The molecule has 0 heterocycles. The van der Waals surface area contributed by atoms with Crippen LogP contribution in [0.15, 0.2) is 30.3 Å². The van der Waals surface area contributed by atoms with Crippen LogP contribution in [0.3, 0.4) is 0 Å². The van der Waals surface area contributed by atoms with E-state index in [4.69, 9.17) is 14.3 Å². The van der Waals surface area contributed by atoms with Crippen molar-refractivity contribution in [3.05, 3.63) is 35.9 Å². The molecule has 1 N–H and O–H groups in total. The summed E-state index contributed by atoms with van der Waals surface area (Å²) >= 11 is 0. The maximum atomic E-state index is 11.9. The monoisotopic (exact) mass is 325 g/mol. The molecule has 0 spiro atoms. The van der Waals surface area contributed by atoms with Gasteiger partial charge in [-0.05, 0) is 26.3 Å². The average Bonchev–Trinajstić information content (AvgIpc) is 2.45. The van der Waals surface area contributed by atoms with Crippen molar-refractivity contribution in [1.29, 1.82) is 0 Å². The Morgan fingerprint density at radius 3 is 2.35 bits per heavy atom. The van der Waals surface area contributed by atoms with E-state index in [0.29, 0.717) is 0 Å². The molecule has 0 aliphatic carbocycles. The van der Waals surface area contributed by atoms with Gasteiger partial charge in [0.2, 0.25) is 0 Å². The number of carbonyl (C=O) groups excluding carboxylic acids is 2. The molecule has 1 aromatic carbocycles. The van der Waals surface area contributed by atoms with Gasteiger partial charge in [0.15, 0.2) is 6.04 Å². The van der Waals surface area contributed by atoms with Crippen LogP contribution >= 0.6 is 0 Å². The molecule has 0 aliphatic rings. The van der Waals surface area contributed by atoms with E-state index in [2.05, 4.69) is 0 Å². The van der Waals surface area contributed by atoms with Crippen molar-refractivity contribution in [2.24, 2.45) is 0 Å². The number of carbonyl (C=O) groups is 2. The summed E-state index contributed by atoms with van der Waals surface area (Å²) in [7, 11) is 1.34. The number of likely N-dealkylation sites (N-methyl/N-ethyl adjacent to an activating group) is 1. The molecule has 0 aliphatic heterocycles. The van der Waals surface area contributed by atoms with Crippen LogP contribution in [0.1, 0.15) is 26.3 Å². The number of aliphatic hydroxyl groups is 1. The Labute approximate surface area is 135 Å². The highest BCUT2D eigenvalue weighted by Crippen LogP contribution is 2.11. The lowest BCUT2D eigenvalue weighted by atomic mass is 10.2. The normalized spacial score (nSPS) is 12.6. The van der Waals surface area contributed by atoms with Gasteiger partial charge < -0.3 is 19.4 Å². The van der Waals surface area contributed by atoms with Crippen molar-refractivity contribution in [3.63, 3.8) is 0 Å². The fourth-order valence-corrected chi connectivity index (χ4v) is 1.63. The third kappa shape index (κ3) is 7.12. The van der Waals surface area contributed by atoms with E-state index in [1.165, 1.54) is 7.05 Å². The second-order valence-electron chi connectivity index (χ2n) is 5.89. The van der Waals surface area contributed by atoms with Gasteiger partial charge in [-0.3, -0.25) is 4.79 Å². The topological polar surface area (TPSA) is 85.3 Å². The minimum Gasteiger partial charge on any atom is -0.459 e. The lowest BCUT2D eigenvalue weighted by Crippen LogP contribution is -2.45. The van der Waals surface area contributed by atoms with Crippen LogP contribution in [0.2, 0.25) is 0 Å². The first kappa shape index (κ1) is 18.9. The van der Waals surface area contributed by atoms with Crippen molar-refractivity contribution < 1.29 is 29.0 Å². The lowest BCUT2D eigenvalue weighted by molar-refractivity contribution is -0.187. The standard InChI is InChI=1S/C16H23NO6/c1-16(2,3)22-14(19)13(10-18)17(4)23-15(20)21-11-12-8-6-5-7-9-12/h5-9,13,18H,10-11H2,1-4H3/t13-/m1/s1. The second-order valence-corrected chi connectivity index (χ2v) is 5.89. The van der Waals surface area contributed by atoms with Crippen molar-refractivity contribution in [3.8, 4) is 0 Å². The molecule has 0 saturated heterocycles. The first-order valence-corrected chi connectivity index (χ1v) is 7.18. The molecule has 7 nitrogen and oxygen atoms in total. The van der Waals surface area contributed by atoms with Crippen molar-refractivity contribution in [2.75, 3.05) is 13.7 Å². The molecule has 0 aromatic heterocycles. The third-order valence-electron chi connectivity index (χ3n) is 2.71. The molecule has 0 fully saturated rings. The van der Waals surface area contributed by atoms with Gasteiger partial charge in [-0.2, -0.15) is 0 Å². The molecule has 0 bridgehead atoms. The van der Waals surface area contributed by atoms with Gasteiger partial charge in [0.25, 0.3) is 0 Å². The minimum atomic E-state index is -1.13. The zero-order valence-electron chi connectivity index (χ0n) is 13.8. The van der Waals surface area contributed by atoms with Crippen LogP contribution in [0.5, 0.6) is 0 Å². The van der Waals surface area contributed by atoms with Gasteiger partial charge >= 0.3 is 12.1 Å². The predicted octanol–water partition coefficient (Wildman–Crippen LogP) is 1.89. The largest absolute Gasteiger partial charge is 0.528 e. The van der Waals surface area contributed by atoms with E-state index in [9.17, 15) is 14.7 Å². The Balaban J connectivity index is 2.50. The van der Waals surface area contributed by atoms with Gasteiger partial charge in [0, 0.05) is 7.05 Å². The third-order valence-corrected chi connectivity index (χ3v) is 2.71. The van der Waals surface area contributed by atoms with Crippen LogP contribution in [-0.4, -0.2) is 47.6 Å². The fourth-order valence-electron chi connectivity index (χ4n) is 1.63. The van der Waals surface area contributed by atoms with E-state index in [0.717, 1.165) is 10.6 Å². The highest BCUT2D eigenvalue weighted by Gasteiger charge is 2.30. The zero-order chi connectivity index (χ0) is 17.5. The summed E-state index contributed by atoms with van der Waals surface area (Å²) in [6, 6.07) is 7.96. The highest BCUT2D eigenvalue weighted by atomic mass is 16.8. The molecule has 23 heavy (non-hydrogen) atoms. The average molecular weight is 325 g/mol. The maximum absolute atomic E-state index is 11.9. The number of rotatable bonds is 6. The van der Waals surface area contributed by atoms with Crippen LogP contribution in [-0.2, 0) is 25.7 Å². The number of hydroxylamine groups is 2. The Bertz CT molecular complexity index is 511. The number of nitrogens with zero attached hydrogens (tertiary/aromatic N) is 1. The summed E-state index contributed by atoms with van der Waals surface area (Å²) in [4.78, 5) is 28.4. The number of hydrogen-bond acceptors (Lipinski definition) is 7. The molecule has 0 saturated carbocycles.